The fourth-order valence-corrected chi connectivity index (χ4v) is 2.34. The fraction of sp³-hybridized carbons (Fsp3) is 0.389. The zero-order chi connectivity index (χ0) is 18.6. The molecule has 2 rings (SSSR count). The Hall–Kier alpha value is -2.34. The molecule has 0 aliphatic rings. The van der Waals surface area contributed by atoms with E-state index in [1.807, 2.05) is 39.0 Å². The Kier molecular flexibility index (Phi) is 5.85. The number of amides is 1. The van der Waals surface area contributed by atoms with Crippen molar-refractivity contribution in [2.45, 2.75) is 45.4 Å². The second-order valence-electron chi connectivity index (χ2n) is 6.83. The van der Waals surface area contributed by atoms with Crippen molar-refractivity contribution in [3.63, 3.8) is 0 Å². The number of nitrogens with zero attached hydrogens (tertiary/aromatic N) is 2. The van der Waals surface area contributed by atoms with Crippen molar-refractivity contribution in [3.8, 4) is 5.69 Å². The number of carbonyl (C=O) groups is 2. The number of halogens is 1. The second kappa shape index (κ2) is 7.70. The summed E-state index contributed by atoms with van der Waals surface area (Å²) < 4.78 is 1.65. The van der Waals surface area contributed by atoms with Crippen molar-refractivity contribution >= 4 is 29.3 Å². The summed E-state index contributed by atoms with van der Waals surface area (Å²) in [6, 6.07) is 8.95. The molecule has 0 aliphatic carbocycles. The van der Waals surface area contributed by atoms with Crippen LogP contribution in [0.3, 0.4) is 0 Å². The summed E-state index contributed by atoms with van der Waals surface area (Å²) in [5.41, 5.74) is 1.41. The molecule has 0 fully saturated rings. The molecule has 6 nitrogen and oxygen atoms in total. The topological polar surface area (TPSA) is 87.0 Å². The van der Waals surface area contributed by atoms with Crippen molar-refractivity contribution in [1.29, 1.82) is 0 Å². The van der Waals surface area contributed by atoms with Gasteiger partial charge in [-0.3, -0.25) is 4.79 Å². The van der Waals surface area contributed by atoms with Gasteiger partial charge in [0.05, 0.1) is 11.4 Å². The molecule has 0 radical (unpaired) electrons. The number of rotatable bonds is 6. The lowest BCUT2D eigenvalue weighted by molar-refractivity contribution is -0.305. The standard InChI is InChI=1S/C18H22ClN3O3/c1-18(2,3)14-11-15(20-16(23)5-4-6-17(24)25)22(21-14)13-9-7-12(19)8-10-13/h7-11H,4-6H2,1-3H3,(H,20,23)(H,24,25)/p-1. The van der Waals surface area contributed by atoms with E-state index in [1.165, 1.54) is 0 Å². The largest absolute Gasteiger partial charge is 0.550 e. The maximum atomic E-state index is 12.1. The highest BCUT2D eigenvalue weighted by molar-refractivity contribution is 6.30. The first-order valence-corrected chi connectivity index (χ1v) is 8.41. The van der Waals surface area contributed by atoms with Crippen LogP contribution in [-0.4, -0.2) is 21.7 Å². The maximum absolute atomic E-state index is 12.1. The predicted molar refractivity (Wildman–Crippen MR) is 94.8 cm³/mol. The molecule has 1 N–H and O–H groups in total. The highest BCUT2D eigenvalue weighted by Gasteiger charge is 2.21. The maximum Gasteiger partial charge on any atom is 0.225 e. The molecule has 0 saturated carbocycles. The smallest absolute Gasteiger partial charge is 0.225 e. The Balaban J connectivity index is 2.26. The summed E-state index contributed by atoms with van der Waals surface area (Å²) in [5.74, 6) is -0.892. The van der Waals surface area contributed by atoms with Gasteiger partial charge >= 0.3 is 0 Å². The summed E-state index contributed by atoms with van der Waals surface area (Å²) >= 11 is 5.93. The molecule has 0 aliphatic heterocycles. The summed E-state index contributed by atoms with van der Waals surface area (Å²) in [7, 11) is 0. The minimum atomic E-state index is -1.16. The Bertz CT molecular complexity index is 761. The first-order valence-electron chi connectivity index (χ1n) is 8.03. The highest BCUT2D eigenvalue weighted by atomic mass is 35.5. The number of carboxylic acids is 1. The summed E-state index contributed by atoms with van der Waals surface area (Å²) in [5, 5.41) is 18.5. The zero-order valence-electron chi connectivity index (χ0n) is 14.5. The second-order valence-corrected chi connectivity index (χ2v) is 7.26. The Labute approximate surface area is 151 Å². The van der Waals surface area contributed by atoms with Crippen molar-refractivity contribution in [1.82, 2.24) is 9.78 Å². The predicted octanol–water partition coefficient (Wildman–Crippen LogP) is 2.68. The van der Waals surface area contributed by atoms with Gasteiger partial charge in [0.1, 0.15) is 5.82 Å². The molecular formula is C18H21ClN3O3-. The van der Waals surface area contributed by atoms with Crippen LogP contribution in [0.15, 0.2) is 30.3 Å². The number of nitrogens with one attached hydrogen (secondary N) is 1. The van der Waals surface area contributed by atoms with E-state index in [4.69, 9.17) is 11.6 Å². The molecule has 0 spiro atoms. The van der Waals surface area contributed by atoms with Gasteiger partial charge in [-0.25, -0.2) is 4.68 Å². The average molecular weight is 363 g/mol. The number of aliphatic carboxylic acids is 1. The van der Waals surface area contributed by atoms with Gasteiger partial charge < -0.3 is 15.2 Å². The molecule has 1 aromatic heterocycles. The lowest BCUT2D eigenvalue weighted by atomic mass is 9.92. The van der Waals surface area contributed by atoms with Gasteiger partial charge in [0.2, 0.25) is 5.91 Å². The number of carbonyl (C=O) groups excluding carboxylic acids is 2. The molecule has 0 saturated heterocycles. The zero-order valence-corrected chi connectivity index (χ0v) is 15.3. The SMILES string of the molecule is CC(C)(C)c1cc(NC(=O)CCCC(=O)[O-])n(-c2ccc(Cl)cc2)n1. The highest BCUT2D eigenvalue weighted by Crippen LogP contribution is 2.27. The van der Waals surface area contributed by atoms with Gasteiger partial charge in [0.25, 0.3) is 0 Å². The van der Waals surface area contributed by atoms with Gasteiger partial charge in [-0.1, -0.05) is 32.4 Å². The van der Waals surface area contributed by atoms with Gasteiger partial charge in [0.15, 0.2) is 0 Å². The van der Waals surface area contributed by atoms with Crippen LogP contribution in [0.4, 0.5) is 5.82 Å². The third-order valence-corrected chi connectivity index (χ3v) is 3.85. The monoisotopic (exact) mass is 362 g/mol. The minimum absolute atomic E-state index is 0.102. The van der Waals surface area contributed by atoms with E-state index in [9.17, 15) is 14.7 Å². The summed E-state index contributed by atoms with van der Waals surface area (Å²) in [6.07, 6.45) is 0.192. The molecule has 0 bridgehead atoms. The van der Waals surface area contributed by atoms with E-state index in [0.717, 1.165) is 11.4 Å². The van der Waals surface area contributed by atoms with Crippen LogP contribution in [0.1, 0.15) is 45.7 Å². The molecule has 1 aromatic carbocycles. The Morgan fingerprint density at radius 2 is 1.84 bits per heavy atom. The van der Waals surface area contributed by atoms with Crippen molar-refractivity contribution in [3.05, 3.63) is 41.0 Å². The van der Waals surface area contributed by atoms with E-state index >= 15 is 0 Å². The van der Waals surface area contributed by atoms with Gasteiger partial charge in [-0.15, -0.1) is 0 Å². The number of anilines is 1. The Morgan fingerprint density at radius 3 is 2.40 bits per heavy atom. The van der Waals surface area contributed by atoms with E-state index in [1.54, 1.807) is 16.8 Å². The lowest BCUT2D eigenvalue weighted by Crippen LogP contribution is -2.22. The normalized spacial score (nSPS) is 11.4. The Morgan fingerprint density at radius 1 is 1.20 bits per heavy atom. The molecule has 7 heteroatoms. The van der Waals surface area contributed by atoms with E-state index in [2.05, 4.69) is 10.4 Å². The van der Waals surface area contributed by atoms with Crippen LogP contribution >= 0.6 is 11.6 Å². The molecule has 0 atom stereocenters. The quantitative estimate of drug-likeness (QED) is 0.855. The third-order valence-electron chi connectivity index (χ3n) is 3.60. The summed E-state index contributed by atoms with van der Waals surface area (Å²) in [4.78, 5) is 22.6. The van der Waals surface area contributed by atoms with Crippen molar-refractivity contribution in [2.24, 2.45) is 0 Å². The number of benzene rings is 1. The molecule has 25 heavy (non-hydrogen) atoms. The average Bonchev–Trinajstić information content (AvgIpc) is 2.91. The fourth-order valence-electron chi connectivity index (χ4n) is 2.21. The van der Waals surface area contributed by atoms with Crippen LogP contribution in [0.25, 0.3) is 5.69 Å². The number of hydrogen-bond acceptors (Lipinski definition) is 4. The van der Waals surface area contributed by atoms with Crippen molar-refractivity contribution in [2.75, 3.05) is 5.32 Å². The lowest BCUT2D eigenvalue weighted by Gasteiger charge is -2.14. The number of aromatic nitrogens is 2. The summed E-state index contributed by atoms with van der Waals surface area (Å²) in [6.45, 7) is 6.10. The first-order chi connectivity index (χ1) is 11.7. The third kappa shape index (κ3) is 5.32. The van der Waals surface area contributed by atoms with E-state index < -0.39 is 5.97 Å². The molecule has 2 aromatic rings. The molecular weight excluding hydrogens is 342 g/mol. The minimum Gasteiger partial charge on any atom is -0.550 e. The molecule has 0 unspecified atom stereocenters. The van der Waals surface area contributed by atoms with E-state index in [-0.39, 0.29) is 30.6 Å². The van der Waals surface area contributed by atoms with Crippen molar-refractivity contribution < 1.29 is 14.7 Å². The van der Waals surface area contributed by atoms with Crippen LogP contribution in [-0.2, 0) is 15.0 Å². The van der Waals surface area contributed by atoms with Crippen LogP contribution in [0.5, 0.6) is 0 Å². The molecule has 1 amide bonds. The van der Waals surface area contributed by atoms with Crippen LogP contribution < -0.4 is 10.4 Å². The number of hydrogen-bond donors (Lipinski definition) is 1. The van der Waals surface area contributed by atoms with Crippen LogP contribution in [0, 0.1) is 0 Å². The van der Waals surface area contributed by atoms with Gasteiger partial charge in [-0.2, -0.15) is 5.10 Å². The van der Waals surface area contributed by atoms with Gasteiger partial charge in [0, 0.05) is 28.9 Å². The molecule has 134 valence electrons. The number of carboxylic acid groups (broad SMARTS) is 1. The van der Waals surface area contributed by atoms with E-state index in [0.29, 0.717) is 10.8 Å². The van der Waals surface area contributed by atoms with Gasteiger partial charge in [-0.05, 0) is 37.1 Å². The first kappa shape index (κ1) is 19.0. The molecule has 1 heterocycles. The van der Waals surface area contributed by atoms with Crippen LogP contribution in [0.2, 0.25) is 5.02 Å².